The summed E-state index contributed by atoms with van der Waals surface area (Å²) in [6.45, 7) is 3.61. The number of benzene rings is 2. The molecule has 0 aliphatic carbocycles. The second kappa shape index (κ2) is 8.53. The molecule has 0 fully saturated rings. The molecule has 1 N–H and O–H groups in total. The first kappa shape index (κ1) is 18.8. The molecule has 25 heavy (non-hydrogen) atoms. The molecule has 0 heterocycles. The smallest absolute Gasteiger partial charge is 0.226 e. The van der Waals surface area contributed by atoms with Crippen molar-refractivity contribution >= 4 is 34.8 Å². The minimum atomic E-state index is -0.188. The molecule has 2 aromatic rings. The fourth-order valence-corrected chi connectivity index (χ4v) is 2.63. The lowest BCUT2D eigenvalue weighted by Gasteiger charge is -2.23. The predicted octanol–water partition coefficient (Wildman–Crippen LogP) is 4.04. The normalized spacial score (nSPS) is 10.2. The molecule has 5 nitrogen and oxygen atoms in total. The van der Waals surface area contributed by atoms with Gasteiger partial charge in [0.1, 0.15) is 5.75 Å². The summed E-state index contributed by atoms with van der Waals surface area (Å²) in [5, 5.41) is 3.39. The molecule has 0 aliphatic heterocycles. The van der Waals surface area contributed by atoms with Crippen molar-refractivity contribution in [2.24, 2.45) is 0 Å². The highest BCUT2D eigenvalue weighted by molar-refractivity contribution is 6.31. The highest BCUT2D eigenvalue weighted by Crippen LogP contribution is 2.28. The quantitative estimate of drug-likeness (QED) is 0.845. The van der Waals surface area contributed by atoms with Crippen molar-refractivity contribution in [2.75, 3.05) is 23.9 Å². The summed E-state index contributed by atoms with van der Waals surface area (Å²) in [6.07, 6.45) is 0.156. The van der Waals surface area contributed by atoms with Gasteiger partial charge in [-0.3, -0.25) is 9.59 Å². The number of rotatable bonds is 6. The monoisotopic (exact) mass is 360 g/mol. The van der Waals surface area contributed by atoms with Crippen LogP contribution in [-0.4, -0.2) is 25.5 Å². The van der Waals surface area contributed by atoms with Gasteiger partial charge in [-0.1, -0.05) is 29.8 Å². The van der Waals surface area contributed by atoms with Gasteiger partial charge >= 0.3 is 0 Å². The fourth-order valence-electron chi connectivity index (χ4n) is 2.46. The summed E-state index contributed by atoms with van der Waals surface area (Å²) in [5.74, 6) is 0.242. The van der Waals surface area contributed by atoms with Crippen molar-refractivity contribution in [1.82, 2.24) is 0 Å². The lowest BCUT2D eigenvalue weighted by Crippen LogP contribution is -2.32. The van der Waals surface area contributed by atoms with E-state index in [4.69, 9.17) is 16.3 Å². The zero-order valence-corrected chi connectivity index (χ0v) is 15.3. The van der Waals surface area contributed by atoms with Crippen molar-refractivity contribution in [3.63, 3.8) is 0 Å². The molecule has 0 bridgehead atoms. The number of aryl methyl sites for hydroxylation is 1. The molecule has 6 heteroatoms. The predicted molar refractivity (Wildman–Crippen MR) is 100 cm³/mol. The van der Waals surface area contributed by atoms with Crippen molar-refractivity contribution in [3.8, 4) is 5.75 Å². The van der Waals surface area contributed by atoms with Crippen molar-refractivity contribution in [2.45, 2.75) is 20.3 Å². The van der Waals surface area contributed by atoms with Gasteiger partial charge in [0.05, 0.1) is 12.8 Å². The van der Waals surface area contributed by atoms with Crippen LogP contribution in [0.2, 0.25) is 5.02 Å². The van der Waals surface area contributed by atoms with Crippen LogP contribution in [0, 0.1) is 6.92 Å². The molecule has 0 saturated heterocycles. The number of methoxy groups -OCH3 is 1. The third-order valence-electron chi connectivity index (χ3n) is 3.79. The van der Waals surface area contributed by atoms with Crippen LogP contribution in [0.15, 0.2) is 42.5 Å². The molecule has 0 unspecified atom stereocenters. The van der Waals surface area contributed by atoms with Crippen molar-refractivity contribution in [3.05, 3.63) is 53.1 Å². The number of para-hydroxylation sites is 2. The fraction of sp³-hybridized carbons (Fsp3) is 0.263. The van der Waals surface area contributed by atoms with Crippen LogP contribution in [0.3, 0.4) is 0 Å². The van der Waals surface area contributed by atoms with E-state index in [9.17, 15) is 9.59 Å². The van der Waals surface area contributed by atoms with E-state index in [1.165, 1.54) is 11.8 Å². The van der Waals surface area contributed by atoms with E-state index in [-0.39, 0.29) is 24.8 Å². The van der Waals surface area contributed by atoms with E-state index >= 15 is 0 Å². The lowest BCUT2D eigenvalue weighted by atomic mass is 10.2. The SMILES string of the molecule is COc1ccccc1N(CCC(=O)Nc1cc(Cl)ccc1C)C(C)=O. The molecule has 0 spiro atoms. The first-order chi connectivity index (χ1) is 11.9. The number of ether oxygens (including phenoxy) is 1. The standard InChI is InChI=1S/C19H21ClN2O3/c1-13-8-9-15(20)12-16(13)21-19(24)10-11-22(14(2)23)17-6-4-5-7-18(17)25-3/h4-9,12H,10-11H2,1-3H3,(H,21,24). The number of anilines is 2. The topological polar surface area (TPSA) is 58.6 Å². The third-order valence-corrected chi connectivity index (χ3v) is 4.03. The van der Waals surface area contributed by atoms with Crippen LogP contribution in [0.4, 0.5) is 11.4 Å². The Morgan fingerprint density at radius 2 is 1.92 bits per heavy atom. The zero-order valence-electron chi connectivity index (χ0n) is 14.5. The van der Waals surface area contributed by atoms with Gasteiger partial charge in [0.2, 0.25) is 11.8 Å². The number of hydrogen-bond donors (Lipinski definition) is 1. The molecule has 132 valence electrons. The first-order valence-electron chi connectivity index (χ1n) is 7.89. The second-order valence-electron chi connectivity index (χ2n) is 5.60. The number of amides is 2. The zero-order chi connectivity index (χ0) is 18.4. The number of hydrogen-bond acceptors (Lipinski definition) is 3. The molecule has 0 saturated carbocycles. The molecule has 0 atom stereocenters. The van der Waals surface area contributed by atoms with E-state index in [0.717, 1.165) is 5.56 Å². The Labute approximate surface area is 152 Å². The number of carbonyl (C=O) groups is 2. The maximum absolute atomic E-state index is 12.3. The maximum Gasteiger partial charge on any atom is 0.226 e. The Hall–Kier alpha value is -2.53. The summed E-state index contributed by atoms with van der Waals surface area (Å²) in [7, 11) is 1.55. The molecule has 2 rings (SSSR count). The summed E-state index contributed by atoms with van der Waals surface area (Å²) < 4.78 is 5.30. The molecule has 0 radical (unpaired) electrons. The van der Waals surface area contributed by atoms with Gasteiger partial charge in [-0.25, -0.2) is 0 Å². The Morgan fingerprint density at radius 3 is 2.60 bits per heavy atom. The number of nitrogens with zero attached hydrogens (tertiary/aromatic N) is 1. The van der Waals surface area contributed by atoms with Crippen LogP contribution in [-0.2, 0) is 9.59 Å². The van der Waals surface area contributed by atoms with Crippen LogP contribution in [0.25, 0.3) is 0 Å². The van der Waals surface area contributed by atoms with E-state index in [1.54, 1.807) is 31.4 Å². The number of halogens is 1. The third kappa shape index (κ3) is 4.97. The first-order valence-corrected chi connectivity index (χ1v) is 8.27. The minimum Gasteiger partial charge on any atom is -0.495 e. The van der Waals surface area contributed by atoms with E-state index in [2.05, 4.69) is 5.32 Å². The van der Waals surface area contributed by atoms with Crippen molar-refractivity contribution < 1.29 is 14.3 Å². The summed E-state index contributed by atoms with van der Waals surface area (Å²) in [4.78, 5) is 25.8. The summed E-state index contributed by atoms with van der Waals surface area (Å²) in [5.41, 5.74) is 2.24. The molecular weight excluding hydrogens is 340 g/mol. The minimum absolute atomic E-state index is 0.156. The molecule has 2 amide bonds. The van der Waals surface area contributed by atoms with Gasteiger partial charge < -0.3 is 15.0 Å². The Balaban J connectivity index is 2.07. The maximum atomic E-state index is 12.3. The van der Waals surface area contributed by atoms with Crippen LogP contribution >= 0.6 is 11.6 Å². The molecule has 0 aliphatic rings. The average Bonchev–Trinajstić information content (AvgIpc) is 2.58. The van der Waals surface area contributed by atoms with E-state index in [1.807, 2.05) is 25.1 Å². The van der Waals surface area contributed by atoms with Gasteiger partial charge in [-0.15, -0.1) is 0 Å². The Bertz CT molecular complexity index is 777. The number of carbonyl (C=O) groups excluding carboxylic acids is 2. The van der Waals surface area contributed by atoms with Gasteiger partial charge in [0, 0.05) is 30.6 Å². The lowest BCUT2D eigenvalue weighted by molar-refractivity contribution is -0.117. The summed E-state index contributed by atoms with van der Waals surface area (Å²) >= 11 is 5.96. The van der Waals surface area contributed by atoms with Crippen LogP contribution in [0.1, 0.15) is 18.9 Å². The van der Waals surface area contributed by atoms with E-state index in [0.29, 0.717) is 22.1 Å². The number of nitrogens with one attached hydrogen (secondary N) is 1. The van der Waals surface area contributed by atoms with Gasteiger partial charge in [0.25, 0.3) is 0 Å². The van der Waals surface area contributed by atoms with Crippen molar-refractivity contribution in [1.29, 1.82) is 0 Å². The van der Waals surface area contributed by atoms with Crippen LogP contribution in [0.5, 0.6) is 5.75 Å². The Morgan fingerprint density at radius 1 is 1.20 bits per heavy atom. The highest BCUT2D eigenvalue weighted by atomic mass is 35.5. The van der Waals surface area contributed by atoms with Gasteiger partial charge in [-0.2, -0.15) is 0 Å². The second-order valence-corrected chi connectivity index (χ2v) is 6.04. The molecular formula is C19H21ClN2O3. The highest BCUT2D eigenvalue weighted by Gasteiger charge is 2.17. The summed E-state index contributed by atoms with van der Waals surface area (Å²) in [6, 6.07) is 12.5. The van der Waals surface area contributed by atoms with Gasteiger partial charge in [0.15, 0.2) is 0 Å². The molecule has 0 aromatic heterocycles. The average molecular weight is 361 g/mol. The van der Waals surface area contributed by atoms with Crippen LogP contribution < -0.4 is 15.0 Å². The molecule has 2 aromatic carbocycles. The van der Waals surface area contributed by atoms with Gasteiger partial charge in [-0.05, 0) is 36.8 Å². The Kier molecular flexibility index (Phi) is 6.42. The largest absolute Gasteiger partial charge is 0.495 e. The van der Waals surface area contributed by atoms with E-state index < -0.39 is 0 Å².